The molecule has 10 heteroatoms. The van der Waals surface area contributed by atoms with E-state index in [-0.39, 0.29) is 15.9 Å². The van der Waals surface area contributed by atoms with Crippen molar-refractivity contribution in [2.75, 3.05) is 10.6 Å². The van der Waals surface area contributed by atoms with Crippen LogP contribution in [0.2, 0.25) is 5.02 Å². The number of amides is 1. The van der Waals surface area contributed by atoms with Gasteiger partial charge in [0.25, 0.3) is 10.0 Å². The molecule has 0 atom stereocenters. The van der Waals surface area contributed by atoms with E-state index in [1.165, 1.54) is 31.2 Å². The van der Waals surface area contributed by atoms with Gasteiger partial charge in [-0.3, -0.25) is 10.2 Å². The minimum Gasteiger partial charge on any atom is -0.331 e. The molecule has 0 saturated carbocycles. The fourth-order valence-corrected chi connectivity index (χ4v) is 3.24. The Labute approximate surface area is 162 Å². The normalized spacial score (nSPS) is 10.9. The van der Waals surface area contributed by atoms with Crippen LogP contribution in [0.4, 0.5) is 11.4 Å². The van der Waals surface area contributed by atoms with E-state index in [4.69, 9.17) is 23.8 Å². The van der Waals surface area contributed by atoms with Gasteiger partial charge >= 0.3 is 0 Å². The molecule has 0 aliphatic rings. The van der Waals surface area contributed by atoms with Gasteiger partial charge in [-0.1, -0.05) is 17.7 Å². The van der Waals surface area contributed by atoms with Gasteiger partial charge in [0.15, 0.2) is 5.11 Å². The van der Waals surface area contributed by atoms with Gasteiger partial charge in [-0.25, -0.2) is 8.42 Å². The number of anilines is 2. The average Bonchev–Trinajstić information content (AvgIpc) is 2.57. The summed E-state index contributed by atoms with van der Waals surface area (Å²) >= 11 is 11.1. The summed E-state index contributed by atoms with van der Waals surface area (Å²) in [6, 6.07) is 11.0. The van der Waals surface area contributed by atoms with Gasteiger partial charge in [-0.05, 0) is 61.1 Å². The van der Waals surface area contributed by atoms with Crippen molar-refractivity contribution in [3.63, 3.8) is 0 Å². The predicted octanol–water partition coefficient (Wildman–Crippen LogP) is 2.79. The van der Waals surface area contributed by atoms with E-state index in [1.807, 2.05) is 6.92 Å². The van der Waals surface area contributed by atoms with Crippen molar-refractivity contribution in [2.24, 2.45) is 0 Å². The molecule has 0 fully saturated rings. The highest BCUT2D eigenvalue weighted by atomic mass is 35.5. The molecule has 0 aliphatic carbocycles. The third-order valence-corrected chi connectivity index (χ3v) is 5.18. The van der Waals surface area contributed by atoms with Crippen LogP contribution in [-0.4, -0.2) is 19.4 Å². The summed E-state index contributed by atoms with van der Waals surface area (Å²) in [4.78, 5) is 13.2. The second-order valence-corrected chi connectivity index (χ2v) is 7.80. The van der Waals surface area contributed by atoms with Crippen LogP contribution in [0.1, 0.15) is 12.5 Å². The van der Waals surface area contributed by atoms with E-state index in [9.17, 15) is 13.2 Å². The van der Waals surface area contributed by atoms with Crippen LogP contribution in [0, 0.1) is 6.92 Å². The number of nitrogens with one attached hydrogen (secondary N) is 4. The first-order valence-electron chi connectivity index (χ1n) is 7.40. The second-order valence-electron chi connectivity index (χ2n) is 5.30. The summed E-state index contributed by atoms with van der Waals surface area (Å²) in [5.74, 6) is -0.242. The van der Waals surface area contributed by atoms with Gasteiger partial charge in [0.05, 0.1) is 4.90 Å². The molecule has 0 aromatic heterocycles. The third kappa shape index (κ3) is 5.40. The smallest absolute Gasteiger partial charge is 0.257 e. The molecule has 2 aromatic rings. The number of rotatable bonds is 5. The molecule has 0 heterocycles. The zero-order chi connectivity index (χ0) is 19.3. The minimum absolute atomic E-state index is 0.0147. The van der Waals surface area contributed by atoms with Crippen LogP contribution in [0.3, 0.4) is 0 Å². The zero-order valence-electron chi connectivity index (χ0n) is 14.0. The Morgan fingerprint density at radius 1 is 1.08 bits per heavy atom. The first kappa shape index (κ1) is 20.1. The summed E-state index contributed by atoms with van der Waals surface area (Å²) in [5.41, 5.74) is 4.38. The topological polar surface area (TPSA) is 99.3 Å². The molecule has 2 rings (SSSR count). The van der Waals surface area contributed by atoms with E-state index in [0.29, 0.717) is 16.4 Å². The van der Waals surface area contributed by atoms with Crippen LogP contribution in [0.5, 0.6) is 0 Å². The zero-order valence-corrected chi connectivity index (χ0v) is 16.3. The predicted molar refractivity (Wildman–Crippen MR) is 107 cm³/mol. The first-order chi connectivity index (χ1) is 12.2. The van der Waals surface area contributed by atoms with Crippen LogP contribution in [0.15, 0.2) is 47.4 Å². The van der Waals surface area contributed by atoms with Gasteiger partial charge in [0.2, 0.25) is 5.91 Å². The fourth-order valence-electron chi connectivity index (χ4n) is 1.99. The molecular formula is C16H17ClN4O3S2. The van der Waals surface area contributed by atoms with Crippen molar-refractivity contribution in [1.29, 1.82) is 0 Å². The van der Waals surface area contributed by atoms with Gasteiger partial charge in [-0.15, -0.1) is 4.83 Å². The molecule has 4 N–H and O–H groups in total. The first-order valence-corrected chi connectivity index (χ1v) is 9.67. The highest BCUT2D eigenvalue weighted by Crippen LogP contribution is 2.22. The molecule has 0 saturated heterocycles. The summed E-state index contributed by atoms with van der Waals surface area (Å²) in [5, 5.41) is 6.06. The fraction of sp³-hybridized carbons (Fsp3) is 0.125. The summed E-state index contributed by atoms with van der Waals surface area (Å²) in [6.07, 6.45) is 0. The minimum atomic E-state index is -3.84. The lowest BCUT2D eigenvalue weighted by atomic mass is 10.2. The molecule has 0 radical (unpaired) electrons. The third-order valence-electron chi connectivity index (χ3n) is 3.30. The molecule has 2 aromatic carbocycles. The number of carbonyl (C=O) groups excluding carboxylic acids is 1. The van der Waals surface area contributed by atoms with Gasteiger partial charge in [0.1, 0.15) is 0 Å². The van der Waals surface area contributed by atoms with Crippen LogP contribution in [-0.2, 0) is 14.8 Å². The maximum atomic E-state index is 12.3. The van der Waals surface area contributed by atoms with Crippen LogP contribution < -0.4 is 20.9 Å². The molecule has 138 valence electrons. The van der Waals surface area contributed by atoms with Crippen molar-refractivity contribution in [3.8, 4) is 0 Å². The summed E-state index contributed by atoms with van der Waals surface area (Å²) in [6.45, 7) is 3.18. The Morgan fingerprint density at radius 2 is 1.73 bits per heavy atom. The highest BCUT2D eigenvalue weighted by molar-refractivity contribution is 7.89. The lowest BCUT2D eigenvalue weighted by Crippen LogP contribution is -2.43. The SMILES string of the molecule is CC(=O)Nc1ccc(S(=O)(=O)NNC(=S)Nc2cccc(Cl)c2C)cc1. The average molecular weight is 413 g/mol. The Morgan fingerprint density at radius 3 is 2.35 bits per heavy atom. The number of sulfonamides is 1. The van der Waals surface area contributed by atoms with Gasteiger partial charge < -0.3 is 10.6 Å². The molecule has 26 heavy (non-hydrogen) atoms. The molecule has 7 nitrogen and oxygen atoms in total. The van der Waals surface area contributed by atoms with E-state index in [0.717, 1.165) is 5.56 Å². The maximum absolute atomic E-state index is 12.3. The Kier molecular flexibility index (Phi) is 6.54. The Balaban J connectivity index is 1.99. The highest BCUT2D eigenvalue weighted by Gasteiger charge is 2.14. The van der Waals surface area contributed by atoms with E-state index < -0.39 is 10.0 Å². The number of thiocarbonyl (C=S) groups is 1. The monoisotopic (exact) mass is 412 g/mol. The molecular weight excluding hydrogens is 396 g/mol. The number of benzene rings is 2. The Hall–Kier alpha value is -2.20. The summed E-state index contributed by atoms with van der Waals surface area (Å²) < 4.78 is 24.5. The van der Waals surface area contributed by atoms with Crippen LogP contribution in [0.25, 0.3) is 0 Å². The molecule has 0 aliphatic heterocycles. The van der Waals surface area contributed by atoms with Crippen molar-refractivity contribution in [1.82, 2.24) is 10.3 Å². The molecule has 1 amide bonds. The number of hydrogen-bond acceptors (Lipinski definition) is 4. The number of hydrogen-bond donors (Lipinski definition) is 4. The standard InChI is InChI=1S/C16H17ClN4O3S2/c1-10-14(17)4-3-5-15(10)19-16(25)20-21-26(23,24)13-8-6-12(7-9-13)18-11(2)22/h3-9,21H,1-2H3,(H,18,22)(H2,19,20,25). The second kappa shape index (κ2) is 8.45. The van der Waals surface area contributed by atoms with E-state index in [1.54, 1.807) is 18.2 Å². The quantitative estimate of drug-likeness (QED) is 0.445. The maximum Gasteiger partial charge on any atom is 0.257 e. The van der Waals surface area contributed by atoms with Crippen molar-refractivity contribution < 1.29 is 13.2 Å². The van der Waals surface area contributed by atoms with Gasteiger partial charge in [0, 0.05) is 23.3 Å². The van der Waals surface area contributed by atoms with E-state index >= 15 is 0 Å². The lowest BCUT2D eigenvalue weighted by molar-refractivity contribution is -0.114. The largest absolute Gasteiger partial charge is 0.331 e. The molecule has 0 bridgehead atoms. The molecule has 0 unspecified atom stereocenters. The number of halogens is 1. The van der Waals surface area contributed by atoms with Crippen LogP contribution >= 0.6 is 23.8 Å². The van der Waals surface area contributed by atoms with E-state index in [2.05, 4.69) is 20.9 Å². The number of hydrazine groups is 1. The summed E-state index contributed by atoms with van der Waals surface area (Å²) in [7, 11) is -3.84. The Bertz CT molecular complexity index is 931. The lowest BCUT2D eigenvalue weighted by Gasteiger charge is -2.14. The number of carbonyl (C=O) groups is 1. The molecule has 0 spiro atoms. The van der Waals surface area contributed by atoms with Crippen molar-refractivity contribution in [2.45, 2.75) is 18.7 Å². The van der Waals surface area contributed by atoms with Gasteiger partial charge in [-0.2, -0.15) is 0 Å². The van der Waals surface area contributed by atoms with Crippen molar-refractivity contribution >= 4 is 56.2 Å². The van der Waals surface area contributed by atoms with Crippen molar-refractivity contribution in [3.05, 3.63) is 53.1 Å².